The van der Waals surface area contributed by atoms with Crippen molar-refractivity contribution < 1.29 is 19.1 Å². The van der Waals surface area contributed by atoms with Crippen LogP contribution in [0.1, 0.15) is 36.6 Å². The van der Waals surface area contributed by atoms with E-state index in [1.54, 1.807) is 67.0 Å². The number of nitrogens with one attached hydrogen (secondary N) is 1. The van der Waals surface area contributed by atoms with E-state index in [0.29, 0.717) is 33.7 Å². The van der Waals surface area contributed by atoms with Crippen molar-refractivity contribution in [3.05, 3.63) is 89.2 Å². The fourth-order valence-corrected chi connectivity index (χ4v) is 3.23. The number of aromatic nitrogens is 1. The summed E-state index contributed by atoms with van der Waals surface area (Å²) in [5.41, 5.74) is 2.32. The first-order valence-corrected chi connectivity index (χ1v) is 8.92. The smallest absolute Gasteiger partial charge is 0.261 e. The van der Waals surface area contributed by atoms with Crippen LogP contribution in [0.4, 0.5) is 5.69 Å². The summed E-state index contributed by atoms with van der Waals surface area (Å²) >= 11 is 0. The van der Waals surface area contributed by atoms with Gasteiger partial charge >= 0.3 is 0 Å². The Balaban J connectivity index is 1.60. The lowest BCUT2D eigenvalue weighted by atomic mass is 10.1. The zero-order chi connectivity index (χ0) is 20.4. The third-order valence-corrected chi connectivity index (χ3v) is 4.67. The molecule has 1 aliphatic heterocycles. The standard InChI is InChI=1S/C22H17N3O4/c1-29-19-7-6-14(12-18(19)20(26)24-15-8-10-23-11-9-15)13-25-21(27)16-4-2-3-5-17(16)22(25)28/h2-12H,13H2,1H3,(H,23,24,26). The second kappa shape index (κ2) is 7.55. The zero-order valence-electron chi connectivity index (χ0n) is 15.6. The van der Waals surface area contributed by atoms with E-state index >= 15 is 0 Å². The molecular weight excluding hydrogens is 370 g/mol. The maximum Gasteiger partial charge on any atom is 0.261 e. The molecule has 144 valence electrons. The van der Waals surface area contributed by atoms with Crippen molar-refractivity contribution in [2.45, 2.75) is 6.54 Å². The van der Waals surface area contributed by atoms with Gasteiger partial charge in [0.15, 0.2) is 0 Å². The number of nitrogens with zero attached hydrogens (tertiary/aromatic N) is 2. The molecule has 1 aromatic heterocycles. The number of carbonyl (C=O) groups is 3. The molecule has 2 aromatic carbocycles. The van der Waals surface area contributed by atoms with Gasteiger partial charge in [-0.25, -0.2) is 0 Å². The lowest BCUT2D eigenvalue weighted by Gasteiger charge is -2.16. The van der Waals surface area contributed by atoms with E-state index in [-0.39, 0.29) is 24.3 Å². The van der Waals surface area contributed by atoms with E-state index in [2.05, 4.69) is 10.3 Å². The minimum Gasteiger partial charge on any atom is -0.496 e. The van der Waals surface area contributed by atoms with E-state index in [4.69, 9.17) is 4.74 Å². The summed E-state index contributed by atoms with van der Waals surface area (Å²) in [6.45, 7) is 0.0614. The SMILES string of the molecule is COc1ccc(CN2C(=O)c3ccccc3C2=O)cc1C(=O)Nc1ccncc1. The second-order valence-electron chi connectivity index (χ2n) is 6.47. The molecule has 0 saturated heterocycles. The first-order chi connectivity index (χ1) is 14.1. The van der Waals surface area contributed by atoms with Crippen molar-refractivity contribution in [3.8, 4) is 5.75 Å². The Morgan fingerprint density at radius 2 is 1.66 bits per heavy atom. The molecule has 0 bridgehead atoms. The molecule has 3 aromatic rings. The Bertz CT molecular complexity index is 1080. The average molecular weight is 387 g/mol. The summed E-state index contributed by atoms with van der Waals surface area (Å²) in [7, 11) is 1.47. The van der Waals surface area contributed by atoms with Crippen molar-refractivity contribution in [3.63, 3.8) is 0 Å². The van der Waals surface area contributed by atoms with E-state index in [1.165, 1.54) is 12.0 Å². The molecule has 1 aliphatic rings. The Kier molecular flexibility index (Phi) is 4.78. The number of amides is 3. The van der Waals surface area contributed by atoms with E-state index < -0.39 is 0 Å². The molecule has 0 aliphatic carbocycles. The van der Waals surface area contributed by atoms with Gasteiger partial charge in [-0.3, -0.25) is 24.3 Å². The quantitative estimate of drug-likeness (QED) is 0.680. The highest BCUT2D eigenvalue weighted by Gasteiger charge is 2.35. The number of pyridine rings is 1. The largest absolute Gasteiger partial charge is 0.496 e. The number of carbonyl (C=O) groups excluding carboxylic acids is 3. The number of benzene rings is 2. The molecule has 7 nitrogen and oxygen atoms in total. The minimum atomic E-state index is -0.364. The third kappa shape index (κ3) is 3.45. The van der Waals surface area contributed by atoms with Gasteiger partial charge in [-0.1, -0.05) is 18.2 Å². The predicted molar refractivity (Wildman–Crippen MR) is 106 cm³/mol. The average Bonchev–Trinajstić information content (AvgIpc) is 2.99. The van der Waals surface area contributed by atoms with Crippen LogP contribution in [0.25, 0.3) is 0 Å². The van der Waals surface area contributed by atoms with Crippen LogP contribution in [0, 0.1) is 0 Å². The summed E-state index contributed by atoms with van der Waals surface area (Å²) in [5, 5.41) is 2.78. The highest BCUT2D eigenvalue weighted by Crippen LogP contribution is 2.26. The number of rotatable bonds is 5. The summed E-state index contributed by atoms with van der Waals surface area (Å²) in [5.74, 6) is -0.659. The highest BCUT2D eigenvalue weighted by molar-refractivity contribution is 6.21. The van der Waals surface area contributed by atoms with E-state index in [9.17, 15) is 14.4 Å². The predicted octanol–water partition coefficient (Wildman–Crippen LogP) is 3.14. The molecule has 0 radical (unpaired) electrons. The second-order valence-corrected chi connectivity index (χ2v) is 6.47. The van der Waals surface area contributed by atoms with Crippen molar-refractivity contribution in [1.82, 2.24) is 9.88 Å². The monoisotopic (exact) mass is 387 g/mol. The molecule has 7 heteroatoms. The molecule has 3 amide bonds. The van der Waals surface area contributed by atoms with Gasteiger partial charge in [0, 0.05) is 18.1 Å². The molecule has 2 heterocycles. The molecule has 0 atom stereocenters. The normalized spacial score (nSPS) is 12.7. The van der Waals surface area contributed by atoms with Gasteiger partial charge < -0.3 is 10.1 Å². The van der Waals surface area contributed by atoms with Crippen molar-refractivity contribution in [1.29, 1.82) is 0 Å². The van der Waals surface area contributed by atoms with Gasteiger partial charge in [-0.15, -0.1) is 0 Å². The van der Waals surface area contributed by atoms with Crippen molar-refractivity contribution in [2.24, 2.45) is 0 Å². The molecule has 0 saturated carbocycles. The molecule has 0 spiro atoms. The molecule has 0 fully saturated rings. The summed E-state index contributed by atoms with van der Waals surface area (Å²) < 4.78 is 5.30. The zero-order valence-corrected chi connectivity index (χ0v) is 15.6. The van der Waals surface area contributed by atoms with Gasteiger partial charge in [0.1, 0.15) is 5.75 Å². The van der Waals surface area contributed by atoms with Gasteiger partial charge in [-0.05, 0) is 42.0 Å². The van der Waals surface area contributed by atoms with Crippen molar-refractivity contribution >= 4 is 23.4 Å². The van der Waals surface area contributed by atoms with Crippen LogP contribution in [0.15, 0.2) is 67.0 Å². The van der Waals surface area contributed by atoms with E-state index in [0.717, 1.165) is 0 Å². The first kappa shape index (κ1) is 18.4. The molecule has 1 N–H and O–H groups in total. The van der Waals surface area contributed by atoms with Crippen LogP contribution in [-0.4, -0.2) is 34.7 Å². The van der Waals surface area contributed by atoms with Crippen LogP contribution >= 0.6 is 0 Å². The third-order valence-electron chi connectivity index (χ3n) is 4.67. The van der Waals surface area contributed by atoms with E-state index in [1.807, 2.05) is 0 Å². The molecule has 29 heavy (non-hydrogen) atoms. The molecule has 0 unspecified atom stereocenters. The lowest BCUT2D eigenvalue weighted by molar-refractivity contribution is 0.0642. The number of hydrogen-bond donors (Lipinski definition) is 1. The van der Waals surface area contributed by atoms with Gasteiger partial charge in [-0.2, -0.15) is 0 Å². The summed E-state index contributed by atoms with van der Waals surface area (Å²) in [6, 6.07) is 15.1. The maximum atomic E-state index is 12.7. The number of hydrogen-bond acceptors (Lipinski definition) is 5. The maximum absolute atomic E-state index is 12.7. The number of fused-ring (bicyclic) bond motifs is 1. The summed E-state index contributed by atoms with van der Waals surface area (Å²) in [4.78, 5) is 43.0. The summed E-state index contributed by atoms with van der Waals surface area (Å²) in [6.07, 6.45) is 3.15. The Labute approximate surface area is 166 Å². The van der Waals surface area contributed by atoms with Crippen LogP contribution < -0.4 is 10.1 Å². The van der Waals surface area contributed by atoms with Gasteiger partial charge in [0.2, 0.25) is 0 Å². The number of imide groups is 1. The fraction of sp³-hybridized carbons (Fsp3) is 0.0909. The van der Waals surface area contributed by atoms with Gasteiger partial charge in [0.25, 0.3) is 17.7 Å². The number of anilines is 1. The Morgan fingerprint density at radius 3 is 2.28 bits per heavy atom. The Hall–Kier alpha value is -4.00. The molecule has 4 rings (SSSR count). The van der Waals surface area contributed by atoms with Crippen LogP contribution in [-0.2, 0) is 6.54 Å². The Morgan fingerprint density at radius 1 is 1.00 bits per heavy atom. The topological polar surface area (TPSA) is 88.6 Å². The van der Waals surface area contributed by atoms with Crippen LogP contribution in [0.2, 0.25) is 0 Å². The number of methoxy groups -OCH3 is 1. The van der Waals surface area contributed by atoms with Crippen LogP contribution in [0.3, 0.4) is 0 Å². The minimum absolute atomic E-state index is 0.0614. The molecular formula is C22H17N3O4. The van der Waals surface area contributed by atoms with Crippen molar-refractivity contribution in [2.75, 3.05) is 12.4 Å². The highest BCUT2D eigenvalue weighted by atomic mass is 16.5. The van der Waals surface area contributed by atoms with Gasteiger partial charge in [0.05, 0.1) is 30.3 Å². The van der Waals surface area contributed by atoms with Crippen LogP contribution in [0.5, 0.6) is 5.75 Å². The first-order valence-electron chi connectivity index (χ1n) is 8.92. The lowest BCUT2D eigenvalue weighted by Crippen LogP contribution is -2.29. The fourth-order valence-electron chi connectivity index (χ4n) is 3.23. The number of ether oxygens (including phenoxy) is 1.